The Kier molecular flexibility index (Phi) is 9.58. The van der Waals surface area contributed by atoms with Gasteiger partial charge in [-0.3, -0.25) is 0 Å². The van der Waals surface area contributed by atoms with Crippen molar-refractivity contribution in [1.82, 2.24) is 9.97 Å². The molecule has 0 amide bonds. The zero-order chi connectivity index (χ0) is 18.5. The lowest BCUT2D eigenvalue weighted by atomic mass is 10.2. The third-order valence-electron chi connectivity index (χ3n) is 4.43. The Balaban J connectivity index is 0.00000196. The second-order valence-electron chi connectivity index (χ2n) is 6.51. The Morgan fingerprint density at radius 1 is 1.11 bits per heavy atom. The van der Waals surface area contributed by atoms with E-state index in [9.17, 15) is 0 Å². The van der Waals surface area contributed by atoms with Crippen LogP contribution in [0.1, 0.15) is 25.5 Å². The van der Waals surface area contributed by atoms with E-state index in [1.54, 1.807) is 14.2 Å². The molecule has 1 aromatic heterocycles. The van der Waals surface area contributed by atoms with Crippen molar-refractivity contribution in [2.75, 3.05) is 37.5 Å². The van der Waals surface area contributed by atoms with Crippen LogP contribution >= 0.6 is 24.8 Å². The molecule has 0 spiro atoms. The molecule has 1 aliphatic heterocycles. The number of methoxy groups -OCH3 is 2. The average molecular weight is 430 g/mol. The number of nitrogens with two attached hydrogens (primary N) is 1. The number of halogens is 2. The molecule has 1 unspecified atom stereocenters. The average Bonchev–Trinajstić information content (AvgIpc) is 3.08. The molecule has 3 N–H and O–H groups in total. The monoisotopic (exact) mass is 429 g/mol. The number of nitrogens with zero attached hydrogens (tertiary/aromatic N) is 3. The smallest absolute Gasteiger partial charge is 0.229 e. The van der Waals surface area contributed by atoms with E-state index in [0.717, 1.165) is 49.6 Å². The fourth-order valence-electron chi connectivity index (χ4n) is 3.09. The van der Waals surface area contributed by atoms with E-state index in [4.69, 9.17) is 20.2 Å². The highest BCUT2D eigenvalue weighted by atomic mass is 35.5. The summed E-state index contributed by atoms with van der Waals surface area (Å²) in [6.45, 7) is 3.90. The van der Waals surface area contributed by atoms with Gasteiger partial charge in [-0.1, -0.05) is 13.3 Å². The molecule has 1 aromatic carbocycles. The van der Waals surface area contributed by atoms with Gasteiger partial charge < -0.3 is 25.4 Å². The van der Waals surface area contributed by atoms with Crippen molar-refractivity contribution in [3.05, 3.63) is 30.0 Å². The van der Waals surface area contributed by atoms with Gasteiger partial charge in [-0.2, -0.15) is 4.98 Å². The van der Waals surface area contributed by atoms with Gasteiger partial charge in [-0.25, -0.2) is 4.98 Å². The van der Waals surface area contributed by atoms with Gasteiger partial charge in [0.15, 0.2) is 0 Å². The largest absolute Gasteiger partial charge is 0.497 e. The van der Waals surface area contributed by atoms with Gasteiger partial charge in [-0.05, 0) is 12.8 Å². The molecule has 0 saturated carbocycles. The minimum absolute atomic E-state index is 0. The Hall–Kier alpha value is -1.96. The van der Waals surface area contributed by atoms with Crippen LogP contribution in [0.5, 0.6) is 11.5 Å². The highest BCUT2D eigenvalue weighted by Gasteiger charge is 2.21. The summed E-state index contributed by atoms with van der Waals surface area (Å²) in [7, 11) is 3.26. The molecule has 156 valence electrons. The standard InChI is InChI=1S/C19H27N5O2.2ClH/c1-4-5-14-10-18(24-7-6-13(20)12-24)23-19(21-14)22-15-8-16(25-2)11-17(9-15)26-3;;/h8-11,13H,4-7,12,20H2,1-3H3,(H,21,22,23);2*1H. The predicted octanol–water partition coefficient (Wildman–Crippen LogP) is 3.57. The van der Waals surface area contributed by atoms with Crippen LogP contribution < -0.4 is 25.4 Å². The lowest BCUT2D eigenvalue weighted by Crippen LogP contribution is -2.27. The lowest BCUT2D eigenvalue weighted by Gasteiger charge is -2.19. The van der Waals surface area contributed by atoms with Crippen LogP contribution in [0.15, 0.2) is 24.3 Å². The third-order valence-corrected chi connectivity index (χ3v) is 4.43. The summed E-state index contributed by atoms with van der Waals surface area (Å²) in [5.41, 5.74) is 7.90. The number of benzene rings is 1. The lowest BCUT2D eigenvalue weighted by molar-refractivity contribution is 0.395. The van der Waals surface area contributed by atoms with Crippen molar-refractivity contribution < 1.29 is 9.47 Å². The normalized spacial score (nSPS) is 15.4. The fraction of sp³-hybridized carbons (Fsp3) is 0.474. The number of hydrogen-bond acceptors (Lipinski definition) is 7. The molecule has 7 nitrogen and oxygen atoms in total. The maximum Gasteiger partial charge on any atom is 0.229 e. The van der Waals surface area contributed by atoms with Gasteiger partial charge >= 0.3 is 0 Å². The molecule has 1 fully saturated rings. The molecule has 2 aromatic rings. The Morgan fingerprint density at radius 2 is 1.79 bits per heavy atom. The molecule has 1 aliphatic rings. The Morgan fingerprint density at radius 3 is 2.32 bits per heavy atom. The molecule has 0 aliphatic carbocycles. The Labute approximate surface area is 178 Å². The number of aromatic nitrogens is 2. The first-order valence-corrected chi connectivity index (χ1v) is 9.00. The van der Waals surface area contributed by atoms with E-state index in [2.05, 4.69) is 28.2 Å². The first-order valence-electron chi connectivity index (χ1n) is 9.00. The second kappa shape index (κ2) is 11.1. The molecular formula is C19H29Cl2N5O2. The SMILES string of the molecule is CCCc1cc(N2CCC(N)C2)nc(Nc2cc(OC)cc(OC)c2)n1.Cl.Cl. The van der Waals surface area contributed by atoms with E-state index in [1.807, 2.05) is 18.2 Å². The minimum Gasteiger partial charge on any atom is -0.497 e. The zero-order valence-electron chi connectivity index (χ0n) is 16.5. The predicted molar refractivity (Wildman–Crippen MR) is 118 cm³/mol. The Bertz CT molecular complexity index is 741. The topological polar surface area (TPSA) is 85.5 Å². The van der Waals surface area contributed by atoms with Crippen molar-refractivity contribution in [2.24, 2.45) is 5.73 Å². The number of ether oxygens (including phenoxy) is 2. The van der Waals surface area contributed by atoms with Crippen LogP contribution in [0.3, 0.4) is 0 Å². The van der Waals surface area contributed by atoms with Crippen LogP contribution in [0.25, 0.3) is 0 Å². The third kappa shape index (κ3) is 6.02. The van der Waals surface area contributed by atoms with Crippen molar-refractivity contribution in [1.29, 1.82) is 0 Å². The molecule has 1 atom stereocenters. The van der Waals surface area contributed by atoms with Crippen LogP contribution in [-0.2, 0) is 6.42 Å². The molecule has 1 saturated heterocycles. The molecule has 9 heteroatoms. The summed E-state index contributed by atoms with van der Waals surface area (Å²) in [4.78, 5) is 11.6. The number of hydrogen-bond donors (Lipinski definition) is 2. The maximum atomic E-state index is 6.06. The number of anilines is 3. The highest BCUT2D eigenvalue weighted by molar-refractivity contribution is 5.85. The first kappa shape index (κ1) is 24.1. The van der Waals surface area contributed by atoms with Gasteiger partial charge in [-0.15, -0.1) is 24.8 Å². The van der Waals surface area contributed by atoms with E-state index in [1.165, 1.54) is 0 Å². The minimum atomic E-state index is 0. The summed E-state index contributed by atoms with van der Waals surface area (Å²) < 4.78 is 10.7. The fourth-order valence-corrected chi connectivity index (χ4v) is 3.09. The van der Waals surface area contributed by atoms with E-state index >= 15 is 0 Å². The van der Waals surface area contributed by atoms with Gasteiger partial charge in [0.1, 0.15) is 17.3 Å². The zero-order valence-corrected chi connectivity index (χ0v) is 18.1. The molecule has 0 radical (unpaired) electrons. The van der Waals surface area contributed by atoms with E-state index in [0.29, 0.717) is 17.4 Å². The van der Waals surface area contributed by atoms with E-state index < -0.39 is 0 Å². The molecule has 28 heavy (non-hydrogen) atoms. The molecule has 2 heterocycles. The highest BCUT2D eigenvalue weighted by Crippen LogP contribution is 2.28. The van der Waals surface area contributed by atoms with Gasteiger partial charge in [0.25, 0.3) is 0 Å². The maximum absolute atomic E-state index is 6.06. The second-order valence-corrected chi connectivity index (χ2v) is 6.51. The summed E-state index contributed by atoms with van der Waals surface area (Å²) in [6, 6.07) is 7.89. The summed E-state index contributed by atoms with van der Waals surface area (Å²) in [5, 5.41) is 3.29. The van der Waals surface area contributed by atoms with Crippen LogP contribution in [0, 0.1) is 0 Å². The molecule has 0 bridgehead atoms. The summed E-state index contributed by atoms with van der Waals surface area (Å²) in [6.07, 6.45) is 2.93. The number of rotatable bonds is 7. The summed E-state index contributed by atoms with van der Waals surface area (Å²) >= 11 is 0. The van der Waals surface area contributed by atoms with Crippen molar-refractivity contribution >= 4 is 42.3 Å². The van der Waals surface area contributed by atoms with Crippen molar-refractivity contribution in [2.45, 2.75) is 32.2 Å². The quantitative estimate of drug-likeness (QED) is 0.695. The van der Waals surface area contributed by atoms with Crippen LogP contribution in [-0.4, -0.2) is 43.3 Å². The number of aryl methyl sites for hydroxylation is 1. The van der Waals surface area contributed by atoms with E-state index in [-0.39, 0.29) is 30.9 Å². The van der Waals surface area contributed by atoms with Crippen LogP contribution in [0.2, 0.25) is 0 Å². The van der Waals surface area contributed by atoms with Gasteiger partial charge in [0, 0.05) is 54.8 Å². The first-order chi connectivity index (χ1) is 12.6. The van der Waals surface area contributed by atoms with Crippen molar-refractivity contribution in [3.8, 4) is 11.5 Å². The number of nitrogens with one attached hydrogen (secondary N) is 1. The molecule has 3 rings (SSSR count). The van der Waals surface area contributed by atoms with Gasteiger partial charge in [0.2, 0.25) is 5.95 Å². The van der Waals surface area contributed by atoms with Gasteiger partial charge in [0.05, 0.1) is 14.2 Å². The van der Waals surface area contributed by atoms with Crippen LogP contribution in [0.4, 0.5) is 17.5 Å². The summed E-state index contributed by atoms with van der Waals surface area (Å²) in [5.74, 6) is 2.92. The molecular weight excluding hydrogens is 401 g/mol. The van der Waals surface area contributed by atoms with Crippen molar-refractivity contribution in [3.63, 3.8) is 0 Å².